The molecule has 0 saturated carbocycles. The highest BCUT2D eigenvalue weighted by Gasteiger charge is 1.82. The van der Waals surface area contributed by atoms with E-state index in [4.69, 9.17) is 10.6 Å². The number of nitrogens with one attached hydrogen (secondary N) is 1. The third kappa shape index (κ3) is 7.88. The standard InChI is InChI=1S/C6H16N2O/c1-2-3-5-8-9-6-4-7/h8H,2-7H2,1H3. The number of rotatable bonds is 6. The Labute approximate surface area is 56.5 Å². The molecule has 56 valence electrons. The quantitative estimate of drug-likeness (QED) is 0.403. The number of hydrogen-bond donors (Lipinski definition) is 2. The molecule has 0 radical (unpaired) electrons. The maximum absolute atomic E-state index is 5.18. The summed E-state index contributed by atoms with van der Waals surface area (Å²) in [5, 5.41) is 0. The maximum Gasteiger partial charge on any atom is 0.0804 e. The first kappa shape index (κ1) is 8.88. The Hall–Kier alpha value is -0.120. The van der Waals surface area contributed by atoms with Crippen LogP contribution in [0.25, 0.3) is 0 Å². The van der Waals surface area contributed by atoms with E-state index in [0.29, 0.717) is 13.2 Å². The molecule has 0 fully saturated rings. The van der Waals surface area contributed by atoms with Gasteiger partial charge in [0.15, 0.2) is 0 Å². The summed E-state index contributed by atoms with van der Waals surface area (Å²) in [4.78, 5) is 4.91. The van der Waals surface area contributed by atoms with Crippen LogP contribution in [0.3, 0.4) is 0 Å². The molecule has 0 spiro atoms. The Morgan fingerprint density at radius 2 is 2.33 bits per heavy atom. The lowest BCUT2D eigenvalue weighted by atomic mass is 10.3. The summed E-state index contributed by atoms with van der Waals surface area (Å²) in [6, 6.07) is 0. The van der Waals surface area contributed by atoms with Crippen LogP contribution in [0.2, 0.25) is 0 Å². The molecule has 0 amide bonds. The Morgan fingerprint density at radius 3 is 2.89 bits per heavy atom. The highest BCUT2D eigenvalue weighted by Crippen LogP contribution is 1.81. The van der Waals surface area contributed by atoms with E-state index in [1.807, 2.05) is 0 Å². The summed E-state index contributed by atoms with van der Waals surface area (Å²) in [6.07, 6.45) is 2.35. The third-order valence-corrected chi connectivity index (χ3v) is 0.954. The Balaban J connectivity index is 2.60. The van der Waals surface area contributed by atoms with Crippen molar-refractivity contribution in [1.82, 2.24) is 5.48 Å². The molecule has 0 saturated heterocycles. The first-order chi connectivity index (χ1) is 4.41. The first-order valence-corrected chi connectivity index (χ1v) is 3.46. The molecule has 0 atom stereocenters. The van der Waals surface area contributed by atoms with E-state index in [1.54, 1.807) is 0 Å². The van der Waals surface area contributed by atoms with Crippen molar-refractivity contribution in [3.63, 3.8) is 0 Å². The monoisotopic (exact) mass is 132 g/mol. The van der Waals surface area contributed by atoms with Crippen LogP contribution >= 0.6 is 0 Å². The van der Waals surface area contributed by atoms with Crippen LogP contribution < -0.4 is 11.2 Å². The Morgan fingerprint density at radius 1 is 1.56 bits per heavy atom. The minimum absolute atomic E-state index is 0.582. The lowest BCUT2D eigenvalue weighted by Crippen LogP contribution is -2.20. The van der Waals surface area contributed by atoms with Crippen LogP contribution in [0.15, 0.2) is 0 Å². The SMILES string of the molecule is CCCCNOCCN. The van der Waals surface area contributed by atoms with Gasteiger partial charge >= 0.3 is 0 Å². The molecule has 0 heterocycles. The minimum Gasteiger partial charge on any atom is -0.328 e. The summed E-state index contributed by atoms with van der Waals surface area (Å²) < 4.78 is 0. The Kier molecular flexibility index (Phi) is 7.77. The molecule has 0 rings (SSSR count). The van der Waals surface area contributed by atoms with Crippen LogP contribution in [0, 0.1) is 0 Å². The second-order valence-corrected chi connectivity index (χ2v) is 1.89. The van der Waals surface area contributed by atoms with Crippen molar-refractivity contribution in [2.24, 2.45) is 5.73 Å². The van der Waals surface area contributed by atoms with Gasteiger partial charge in [-0.05, 0) is 6.42 Å². The molecule has 9 heavy (non-hydrogen) atoms. The van der Waals surface area contributed by atoms with Gasteiger partial charge < -0.3 is 10.6 Å². The van der Waals surface area contributed by atoms with Crippen LogP contribution in [0.5, 0.6) is 0 Å². The summed E-state index contributed by atoms with van der Waals surface area (Å²) in [7, 11) is 0. The Bertz CT molecular complexity index is 44.3. The molecule has 0 aliphatic rings. The summed E-state index contributed by atoms with van der Waals surface area (Å²) in [5.41, 5.74) is 7.99. The number of hydroxylamine groups is 1. The van der Waals surface area contributed by atoms with Crippen LogP contribution in [-0.2, 0) is 4.84 Å². The van der Waals surface area contributed by atoms with Crippen LogP contribution in [-0.4, -0.2) is 19.7 Å². The molecule has 0 bridgehead atoms. The molecular formula is C6H16N2O. The maximum atomic E-state index is 5.18. The predicted molar refractivity (Wildman–Crippen MR) is 37.9 cm³/mol. The van der Waals surface area contributed by atoms with Gasteiger partial charge in [0.05, 0.1) is 6.61 Å². The van der Waals surface area contributed by atoms with Gasteiger partial charge in [0.2, 0.25) is 0 Å². The molecule has 3 N–H and O–H groups in total. The van der Waals surface area contributed by atoms with E-state index in [9.17, 15) is 0 Å². The average molecular weight is 132 g/mol. The minimum atomic E-state index is 0.582. The fraction of sp³-hybridized carbons (Fsp3) is 1.00. The van der Waals surface area contributed by atoms with E-state index < -0.39 is 0 Å². The lowest BCUT2D eigenvalue weighted by Gasteiger charge is -2.01. The zero-order valence-corrected chi connectivity index (χ0v) is 6.02. The van der Waals surface area contributed by atoms with Gasteiger partial charge in [0.25, 0.3) is 0 Å². The van der Waals surface area contributed by atoms with Crippen LogP contribution in [0.1, 0.15) is 19.8 Å². The predicted octanol–water partition coefficient (Wildman–Crippen LogP) is 0.266. The molecule has 3 nitrogen and oxygen atoms in total. The fourth-order valence-corrected chi connectivity index (χ4v) is 0.452. The van der Waals surface area contributed by atoms with Gasteiger partial charge in [-0.15, -0.1) is 0 Å². The van der Waals surface area contributed by atoms with E-state index in [0.717, 1.165) is 13.0 Å². The van der Waals surface area contributed by atoms with E-state index in [2.05, 4.69) is 12.4 Å². The lowest BCUT2D eigenvalue weighted by molar-refractivity contribution is 0.0462. The topological polar surface area (TPSA) is 47.3 Å². The smallest absolute Gasteiger partial charge is 0.0804 e. The fourth-order valence-electron chi connectivity index (χ4n) is 0.452. The van der Waals surface area contributed by atoms with Gasteiger partial charge in [-0.2, -0.15) is 0 Å². The summed E-state index contributed by atoms with van der Waals surface area (Å²) in [5.74, 6) is 0. The van der Waals surface area contributed by atoms with E-state index in [-0.39, 0.29) is 0 Å². The normalized spacial score (nSPS) is 10.0. The molecule has 0 aromatic carbocycles. The van der Waals surface area contributed by atoms with Crippen molar-refractivity contribution in [2.75, 3.05) is 19.7 Å². The third-order valence-electron chi connectivity index (χ3n) is 0.954. The first-order valence-electron chi connectivity index (χ1n) is 3.46. The van der Waals surface area contributed by atoms with Crippen molar-refractivity contribution in [3.8, 4) is 0 Å². The summed E-state index contributed by atoms with van der Waals surface area (Å²) >= 11 is 0. The molecule has 0 aliphatic heterocycles. The largest absolute Gasteiger partial charge is 0.328 e. The van der Waals surface area contributed by atoms with Gasteiger partial charge in [-0.25, -0.2) is 5.48 Å². The second kappa shape index (κ2) is 7.88. The van der Waals surface area contributed by atoms with Crippen molar-refractivity contribution in [2.45, 2.75) is 19.8 Å². The van der Waals surface area contributed by atoms with Gasteiger partial charge in [-0.3, -0.25) is 0 Å². The number of unbranched alkanes of at least 4 members (excludes halogenated alkanes) is 1. The van der Waals surface area contributed by atoms with Crippen molar-refractivity contribution < 1.29 is 4.84 Å². The number of hydrogen-bond acceptors (Lipinski definition) is 3. The van der Waals surface area contributed by atoms with E-state index in [1.165, 1.54) is 6.42 Å². The average Bonchev–Trinajstić information content (AvgIpc) is 1.89. The zero-order valence-electron chi connectivity index (χ0n) is 6.02. The molecule has 3 heteroatoms. The van der Waals surface area contributed by atoms with Crippen molar-refractivity contribution in [1.29, 1.82) is 0 Å². The molecule has 0 aliphatic carbocycles. The molecule has 0 aromatic heterocycles. The molecule has 0 aromatic rings. The highest BCUT2D eigenvalue weighted by molar-refractivity contribution is 4.34. The van der Waals surface area contributed by atoms with Gasteiger partial charge in [-0.1, -0.05) is 13.3 Å². The zero-order chi connectivity index (χ0) is 6.95. The van der Waals surface area contributed by atoms with Gasteiger partial charge in [0, 0.05) is 13.1 Å². The van der Waals surface area contributed by atoms with Crippen molar-refractivity contribution in [3.05, 3.63) is 0 Å². The van der Waals surface area contributed by atoms with Gasteiger partial charge in [0.1, 0.15) is 0 Å². The molecular weight excluding hydrogens is 116 g/mol. The van der Waals surface area contributed by atoms with Crippen LogP contribution in [0.4, 0.5) is 0 Å². The van der Waals surface area contributed by atoms with Crippen molar-refractivity contribution >= 4 is 0 Å². The highest BCUT2D eigenvalue weighted by atomic mass is 16.6. The second-order valence-electron chi connectivity index (χ2n) is 1.89. The molecule has 0 unspecified atom stereocenters. The number of nitrogens with two attached hydrogens (primary N) is 1. The van der Waals surface area contributed by atoms with E-state index >= 15 is 0 Å². The summed E-state index contributed by atoms with van der Waals surface area (Å²) in [6.45, 7) is 4.25.